The highest BCUT2D eigenvalue weighted by Crippen LogP contribution is 2.41. The molecule has 1 fully saturated rings. The minimum atomic E-state index is -1.17. The van der Waals surface area contributed by atoms with Gasteiger partial charge >= 0.3 is 5.97 Å². The van der Waals surface area contributed by atoms with Gasteiger partial charge in [-0.2, -0.15) is 5.43 Å². The molecule has 2 aromatic rings. The van der Waals surface area contributed by atoms with Gasteiger partial charge in [-0.05, 0) is 12.5 Å². The number of aromatic nitrogens is 2. The number of anilines is 1. The summed E-state index contributed by atoms with van der Waals surface area (Å²) in [6.07, 6.45) is 3.71. The Morgan fingerprint density at radius 2 is 2.17 bits per heavy atom. The third-order valence-electron chi connectivity index (χ3n) is 5.27. The summed E-state index contributed by atoms with van der Waals surface area (Å²) in [5.74, 6) is -1.49. The largest absolute Gasteiger partial charge is 0.477 e. The SMILES string of the molecule is CCO/N=C(\C(=O)N[C@@H]1C(=O)N2C(C(=O)O)=C(CSc3cc[n+](NC)cc3)CS[C@H]12)c1csc(N)n1. The number of fused-ring (bicyclic) bond motifs is 1. The van der Waals surface area contributed by atoms with Crippen LogP contribution in [-0.2, 0) is 19.2 Å². The first-order chi connectivity index (χ1) is 17.3. The molecule has 5 N–H and O–H groups in total. The number of carbonyl (C=O) groups is 3. The zero-order valence-electron chi connectivity index (χ0n) is 19.3. The number of amides is 2. The molecular weight excluding hydrogens is 526 g/mol. The number of carboxylic acids is 1. The number of carbonyl (C=O) groups excluding carboxylic acids is 2. The van der Waals surface area contributed by atoms with Crippen molar-refractivity contribution < 1.29 is 29.0 Å². The summed E-state index contributed by atoms with van der Waals surface area (Å²) in [5.41, 5.74) is 9.39. The molecule has 1 saturated heterocycles. The number of aliphatic carboxylic acids is 1. The number of carboxylic acid groups (broad SMARTS) is 1. The van der Waals surface area contributed by atoms with E-state index < -0.39 is 29.2 Å². The molecule has 36 heavy (non-hydrogen) atoms. The van der Waals surface area contributed by atoms with Crippen LogP contribution in [0.4, 0.5) is 5.13 Å². The Balaban J connectivity index is 1.47. The minimum Gasteiger partial charge on any atom is -0.477 e. The van der Waals surface area contributed by atoms with E-state index in [1.807, 2.05) is 24.5 Å². The number of β-lactam (4-membered cyclic amide) rings is 1. The molecule has 0 unspecified atom stereocenters. The van der Waals surface area contributed by atoms with Gasteiger partial charge in [-0.3, -0.25) is 14.5 Å². The zero-order chi connectivity index (χ0) is 25.8. The molecule has 2 amide bonds. The molecule has 2 aliphatic rings. The van der Waals surface area contributed by atoms with E-state index in [1.165, 1.54) is 28.4 Å². The average Bonchev–Trinajstić information content (AvgIpc) is 3.31. The number of thioether (sulfide) groups is 2. The molecule has 0 saturated carbocycles. The highest BCUT2D eigenvalue weighted by molar-refractivity contribution is 8.01. The van der Waals surface area contributed by atoms with Crippen molar-refractivity contribution in [1.82, 2.24) is 15.2 Å². The van der Waals surface area contributed by atoms with E-state index >= 15 is 0 Å². The lowest BCUT2D eigenvalue weighted by atomic mass is 10.0. The molecule has 0 spiro atoms. The third-order valence-corrected chi connectivity index (χ3v) is 8.38. The summed E-state index contributed by atoms with van der Waals surface area (Å²) in [7, 11) is 1.80. The number of rotatable bonds is 10. The van der Waals surface area contributed by atoms with E-state index in [9.17, 15) is 19.5 Å². The number of nitrogens with one attached hydrogen (secondary N) is 2. The van der Waals surface area contributed by atoms with Crippen LogP contribution in [0.25, 0.3) is 0 Å². The molecule has 2 aromatic heterocycles. The van der Waals surface area contributed by atoms with Gasteiger partial charge < -0.3 is 21.0 Å². The van der Waals surface area contributed by atoms with Crippen molar-refractivity contribution in [3.63, 3.8) is 0 Å². The number of hydrogen-bond acceptors (Lipinski definition) is 11. The van der Waals surface area contributed by atoms with Crippen LogP contribution in [-0.4, -0.2) is 75.1 Å². The number of hydrogen-bond donors (Lipinski definition) is 4. The normalized spacial score (nSPS) is 19.4. The van der Waals surface area contributed by atoms with Crippen molar-refractivity contribution in [3.8, 4) is 0 Å². The maximum absolute atomic E-state index is 13.0. The van der Waals surface area contributed by atoms with Crippen LogP contribution in [0.15, 0.2) is 51.2 Å². The quantitative estimate of drug-likeness (QED) is 0.107. The predicted molar refractivity (Wildman–Crippen MR) is 137 cm³/mol. The number of nitrogens with two attached hydrogens (primary N) is 1. The number of oxime groups is 1. The Morgan fingerprint density at radius 1 is 1.42 bits per heavy atom. The van der Waals surface area contributed by atoms with Gasteiger partial charge in [0, 0.05) is 33.9 Å². The highest BCUT2D eigenvalue weighted by Gasteiger charge is 2.54. The van der Waals surface area contributed by atoms with Crippen molar-refractivity contribution in [2.75, 3.05) is 36.3 Å². The van der Waals surface area contributed by atoms with Gasteiger partial charge in [0.15, 0.2) is 10.8 Å². The molecule has 0 aromatic carbocycles. The number of pyridine rings is 1. The maximum Gasteiger partial charge on any atom is 0.352 e. The van der Waals surface area contributed by atoms with E-state index in [0.717, 1.165) is 16.2 Å². The Labute approximate surface area is 218 Å². The van der Waals surface area contributed by atoms with Gasteiger partial charge in [-0.15, -0.1) is 34.9 Å². The molecule has 12 nitrogen and oxygen atoms in total. The summed E-state index contributed by atoms with van der Waals surface area (Å²) >= 11 is 4.04. The first kappa shape index (κ1) is 25.8. The molecule has 190 valence electrons. The lowest BCUT2D eigenvalue weighted by Gasteiger charge is -2.49. The minimum absolute atomic E-state index is 0.0292. The standard InChI is InChI=1S/C21H23N7O5S3/c1-3-33-26-14(13-10-36-21(22)24-13)17(29)25-15-18(30)28-16(20(31)32)11(9-35-19(15)28)8-34-12-4-6-27(23-2)7-5-12/h4-7,10,15,19,23H,3,8-9H2,1-2H3,(H3-,22,24,25,29,31,32)/p+1/b26-14-/t15-,19-/m1/s1. The van der Waals surface area contributed by atoms with Crippen LogP contribution in [0.1, 0.15) is 12.6 Å². The Kier molecular flexibility index (Phi) is 8.01. The molecule has 4 heterocycles. The summed E-state index contributed by atoms with van der Waals surface area (Å²) < 4.78 is 1.79. The fraction of sp³-hybridized carbons (Fsp3) is 0.333. The molecule has 4 rings (SSSR count). The summed E-state index contributed by atoms with van der Waals surface area (Å²) in [6.45, 7) is 1.95. The Bertz CT molecular complexity index is 1230. The van der Waals surface area contributed by atoms with Crippen LogP contribution in [0.2, 0.25) is 0 Å². The molecule has 0 radical (unpaired) electrons. The third kappa shape index (κ3) is 5.27. The second-order valence-corrected chi connectivity index (χ2v) is 10.5. The fourth-order valence-electron chi connectivity index (χ4n) is 3.56. The molecular formula is C21H24N7O5S3+. The first-order valence-corrected chi connectivity index (χ1v) is 13.7. The van der Waals surface area contributed by atoms with E-state index in [-0.39, 0.29) is 28.8 Å². The van der Waals surface area contributed by atoms with Gasteiger partial charge in [0.2, 0.25) is 12.4 Å². The highest BCUT2D eigenvalue weighted by atomic mass is 32.2. The van der Waals surface area contributed by atoms with E-state index in [0.29, 0.717) is 17.1 Å². The van der Waals surface area contributed by atoms with Crippen molar-refractivity contribution in [2.24, 2.45) is 5.16 Å². The van der Waals surface area contributed by atoms with Gasteiger partial charge in [0.25, 0.3) is 11.8 Å². The van der Waals surface area contributed by atoms with Crippen molar-refractivity contribution in [1.29, 1.82) is 0 Å². The van der Waals surface area contributed by atoms with Crippen molar-refractivity contribution in [3.05, 3.63) is 46.9 Å². The molecule has 0 aliphatic carbocycles. The van der Waals surface area contributed by atoms with Crippen LogP contribution in [0.3, 0.4) is 0 Å². The predicted octanol–water partition coefficient (Wildman–Crippen LogP) is 0.458. The second kappa shape index (κ2) is 11.2. The second-order valence-electron chi connectivity index (χ2n) is 7.50. The van der Waals surface area contributed by atoms with E-state index in [1.54, 1.807) is 24.0 Å². The van der Waals surface area contributed by atoms with Crippen LogP contribution in [0, 0.1) is 0 Å². The summed E-state index contributed by atoms with van der Waals surface area (Å²) in [4.78, 5) is 49.4. The molecule has 2 atom stereocenters. The average molecular weight is 551 g/mol. The number of nitrogen functional groups attached to an aromatic ring is 1. The van der Waals surface area contributed by atoms with E-state index in [4.69, 9.17) is 10.6 Å². The maximum atomic E-state index is 13.0. The van der Waals surface area contributed by atoms with Gasteiger partial charge in [0.1, 0.15) is 29.4 Å². The summed E-state index contributed by atoms with van der Waals surface area (Å²) in [5, 5.41) is 17.7. The van der Waals surface area contributed by atoms with Gasteiger partial charge in [0.05, 0.1) is 7.05 Å². The Morgan fingerprint density at radius 3 is 2.78 bits per heavy atom. The molecule has 0 bridgehead atoms. The fourth-order valence-corrected chi connectivity index (χ4v) is 6.48. The number of thiazole rings is 1. The monoisotopic (exact) mass is 550 g/mol. The van der Waals surface area contributed by atoms with Crippen molar-refractivity contribution in [2.45, 2.75) is 23.2 Å². The van der Waals surface area contributed by atoms with Crippen LogP contribution >= 0.6 is 34.9 Å². The summed E-state index contributed by atoms with van der Waals surface area (Å²) in [6, 6.07) is 2.93. The number of nitrogens with zero attached hydrogens (tertiary/aromatic N) is 4. The smallest absolute Gasteiger partial charge is 0.352 e. The van der Waals surface area contributed by atoms with Crippen LogP contribution in [0.5, 0.6) is 0 Å². The molecule has 2 aliphatic heterocycles. The van der Waals surface area contributed by atoms with Gasteiger partial charge in [-0.25, -0.2) is 9.78 Å². The topological polar surface area (TPSA) is 163 Å². The lowest BCUT2D eigenvalue weighted by Crippen LogP contribution is -2.71. The zero-order valence-corrected chi connectivity index (χ0v) is 21.8. The van der Waals surface area contributed by atoms with Crippen molar-refractivity contribution >= 4 is 63.5 Å². The lowest BCUT2D eigenvalue weighted by molar-refractivity contribution is -0.647. The van der Waals surface area contributed by atoms with Gasteiger partial charge in [-0.1, -0.05) is 9.83 Å². The molecule has 15 heteroatoms. The Hall–Kier alpha value is -3.30. The van der Waals surface area contributed by atoms with Crippen LogP contribution < -0.4 is 21.2 Å². The van der Waals surface area contributed by atoms with E-state index in [2.05, 4.69) is 20.9 Å². The first-order valence-electron chi connectivity index (χ1n) is 10.8.